The van der Waals surface area contributed by atoms with Crippen molar-refractivity contribution in [1.29, 1.82) is 0 Å². The fourth-order valence-corrected chi connectivity index (χ4v) is 4.40. The van der Waals surface area contributed by atoms with E-state index < -0.39 is 10.0 Å². The van der Waals surface area contributed by atoms with Crippen LogP contribution in [0, 0.1) is 0 Å². The predicted octanol–water partition coefficient (Wildman–Crippen LogP) is 5.12. The lowest BCUT2D eigenvalue weighted by Crippen LogP contribution is -2.26. The SMILES string of the molecule is CCCCc1ccc(NC(=O)c2ccc(N(C)S(=O)(=O)c3ccc(OC)cc3)cc2)cc1. The lowest BCUT2D eigenvalue weighted by atomic mass is 10.1. The molecule has 168 valence electrons. The van der Waals surface area contributed by atoms with Crippen LogP contribution >= 0.6 is 0 Å². The maximum Gasteiger partial charge on any atom is 0.264 e. The molecule has 3 aromatic rings. The summed E-state index contributed by atoms with van der Waals surface area (Å²) in [6.07, 6.45) is 3.31. The highest BCUT2D eigenvalue weighted by atomic mass is 32.2. The van der Waals surface area contributed by atoms with Crippen LogP contribution < -0.4 is 14.4 Å². The molecule has 32 heavy (non-hydrogen) atoms. The van der Waals surface area contributed by atoms with Crippen LogP contribution in [0.2, 0.25) is 0 Å². The van der Waals surface area contributed by atoms with Gasteiger partial charge in [-0.2, -0.15) is 0 Å². The van der Waals surface area contributed by atoms with Crippen LogP contribution in [0.3, 0.4) is 0 Å². The fraction of sp³-hybridized carbons (Fsp3) is 0.240. The van der Waals surface area contributed by atoms with Crippen LogP contribution in [0.15, 0.2) is 77.7 Å². The fourth-order valence-electron chi connectivity index (χ4n) is 3.21. The van der Waals surface area contributed by atoms with Gasteiger partial charge in [-0.15, -0.1) is 0 Å². The van der Waals surface area contributed by atoms with E-state index in [0.717, 1.165) is 24.9 Å². The van der Waals surface area contributed by atoms with Crippen LogP contribution in [0.1, 0.15) is 35.7 Å². The summed E-state index contributed by atoms with van der Waals surface area (Å²) in [4.78, 5) is 12.7. The number of nitrogens with one attached hydrogen (secondary N) is 1. The zero-order valence-corrected chi connectivity index (χ0v) is 19.4. The second-order valence-corrected chi connectivity index (χ2v) is 9.42. The molecule has 0 saturated heterocycles. The van der Waals surface area contributed by atoms with E-state index in [9.17, 15) is 13.2 Å². The van der Waals surface area contributed by atoms with Gasteiger partial charge in [0.2, 0.25) is 0 Å². The maximum absolute atomic E-state index is 12.9. The van der Waals surface area contributed by atoms with Crippen LogP contribution in [-0.2, 0) is 16.4 Å². The Bertz CT molecular complexity index is 1140. The van der Waals surface area contributed by atoms with E-state index in [4.69, 9.17) is 4.74 Å². The Labute approximate surface area is 189 Å². The summed E-state index contributed by atoms with van der Waals surface area (Å²) >= 11 is 0. The first-order valence-electron chi connectivity index (χ1n) is 10.5. The number of anilines is 2. The van der Waals surface area contributed by atoms with Gasteiger partial charge >= 0.3 is 0 Å². The number of rotatable bonds is 9. The molecule has 7 heteroatoms. The van der Waals surface area contributed by atoms with Crippen LogP contribution in [0.25, 0.3) is 0 Å². The van der Waals surface area contributed by atoms with Crippen molar-refractivity contribution in [3.63, 3.8) is 0 Å². The third-order valence-electron chi connectivity index (χ3n) is 5.24. The van der Waals surface area contributed by atoms with E-state index in [1.807, 2.05) is 24.3 Å². The third-order valence-corrected chi connectivity index (χ3v) is 7.04. The van der Waals surface area contributed by atoms with E-state index in [2.05, 4.69) is 12.2 Å². The monoisotopic (exact) mass is 452 g/mol. The zero-order chi connectivity index (χ0) is 23.1. The molecule has 0 unspecified atom stereocenters. The Morgan fingerprint density at radius 1 is 0.938 bits per heavy atom. The molecule has 3 aromatic carbocycles. The largest absolute Gasteiger partial charge is 0.497 e. The lowest BCUT2D eigenvalue weighted by molar-refractivity contribution is 0.102. The van der Waals surface area contributed by atoms with Gasteiger partial charge in [0.25, 0.3) is 15.9 Å². The minimum Gasteiger partial charge on any atom is -0.497 e. The average molecular weight is 453 g/mol. The zero-order valence-electron chi connectivity index (χ0n) is 18.5. The van der Waals surface area contributed by atoms with Gasteiger partial charge in [0.05, 0.1) is 17.7 Å². The smallest absolute Gasteiger partial charge is 0.264 e. The standard InChI is InChI=1S/C25H28N2O4S/c1-4-5-6-19-7-11-21(12-8-19)26-25(28)20-9-13-22(14-10-20)27(2)32(29,30)24-17-15-23(31-3)16-18-24/h7-18H,4-6H2,1-3H3,(H,26,28). The van der Waals surface area contributed by atoms with Crippen molar-refractivity contribution in [1.82, 2.24) is 0 Å². The van der Waals surface area contributed by atoms with Gasteiger partial charge in [-0.3, -0.25) is 9.10 Å². The summed E-state index contributed by atoms with van der Waals surface area (Å²) in [5.74, 6) is 0.330. The Morgan fingerprint density at radius 2 is 1.56 bits per heavy atom. The Balaban J connectivity index is 1.68. The first-order chi connectivity index (χ1) is 15.3. The summed E-state index contributed by atoms with van der Waals surface area (Å²) in [6, 6.07) is 20.5. The van der Waals surface area contributed by atoms with E-state index in [-0.39, 0.29) is 10.8 Å². The van der Waals surface area contributed by atoms with Gasteiger partial charge in [0.1, 0.15) is 5.75 Å². The molecule has 6 nitrogen and oxygen atoms in total. The topological polar surface area (TPSA) is 75.7 Å². The number of carbonyl (C=O) groups is 1. The molecule has 0 atom stereocenters. The summed E-state index contributed by atoms with van der Waals surface area (Å²) in [7, 11) is -0.728. The third kappa shape index (κ3) is 5.48. The molecule has 3 rings (SSSR count). The highest BCUT2D eigenvalue weighted by Crippen LogP contribution is 2.24. The number of benzene rings is 3. The molecule has 1 amide bonds. The minimum absolute atomic E-state index is 0.157. The van der Waals surface area contributed by atoms with E-state index in [1.165, 1.54) is 36.2 Å². The molecule has 0 spiro atoms. The molecule has 0 aliphatic heterocycles. The van der Waals surface area contributed by atoms with Gasteiger partial charge in [-0.05, 0) is 79.1 Å². The van der Waals surface area contributed by atoms with E-state index in [0.29, 0.717) is 17.0 Å². The van der Waals surface area contributed by atoms with Crippen LogP contribution in [0.5, 0.6) is 5.75 Å². The highest BCUT2D eigenvalue weighted by molar-refractivity contribution is 7.92. The molecule has 0 fully saturated rings. The lowest BCUT2D eigenvalue weighted by Gasteiger charge is -2.20. The molecule has 0 aliphatic carbocycles. The maximum atomic E-state index is 12.9. The van der Waals surface area contributed by atoms with Crippen LogP contribution in [0.4, 0.5) is 11.4 Å². The number of sulfonamides is 1. The van der Waals surface area contributed by atoms with Crippen molar-refractivity contribution >= 4 is 27.3 Å². The second kappa shape index (κ2) is 10.3. The summed E-state index contributed by atoms with van der Waals surface area (Å²) in [5.41, 5.74) is 2.87. The Hall–Kier alpha value is -3.32. The molecular formula is C25H28N2O4S. The van der Waals surface area contributed by atoms with Gasteiger partial charge in [0, 0.05) is 18.3 Å². The normalized spacial score (nSPS) is 11.1. The van der Waals surface area contributed by atoms with E-state index >= 15 is 0 Å². The number of ether oxygens (including phenoxy) is 1. The quantitative estimate of drug-likeness (QED) is 0.489. The van der Waals surface area contributed by atoms with E-state index in [1.54, 1.807) is 36.4 Å². The minimum atomic E-state index is -3.73. The molecule has 0 bridgehead atoms. The Morgan fingerprint density at radius 3 is 2.12 bits per heavy atom. The first kappa shape index (κ1) is 23.3. The molecule has 0 saturated carbocycles. The molecule has 0 radical (unpaired) electrons. The highest BCUT2D eigenvalue weighted by Gasteiger charge is 2.21. The van der Waals surface area contributed by atoms with Crippen molar-refractivity contribution in [2.75, 3.05) is 23.8 Å². The van der Waals surface area contributed by atoms with Crippen molar-refractivity contribution in [2.24, 2.45) is 0 Å². The summed E-state index contributed by atoms with van der Waals surface area (Å²) < 4.78 is 32.0. The number of amides is 1. The summed E-state index contributed by atoms with van der Waals surface area (Å²) in [5, 5.41) is 2.87. The van der Waals surface area contributed by atoms with Gasteiger partial charge in [-0.25, -0.2) is 8.42 Å². The summed E-state index contributed by atoms with van der Waals surface area (Å²) in [6.45, 7) is 2.16. The number of unbranched alkanes of at least 4 members (excludes halogenated alkanes) is 1. The van der Waals surface area contributed by atoms with Crippen LogP contribution in [-0.4, -0.2) is 28.5 Å². The number of nitrogens with zero attached hydrogens (tertiary/aromatic N) is 1. The van der Waals surface area contributed by atoms with Gasteiger partial charge in [-0.1, -0.05) is 25.5 Å². The van der Waals surface area contributed by atoms with Crippen molar-refractivity contribution in [3.8, 4) is 5.75 Å². The van der Waals surface area contributed by atoms with Crippen molar-refractivity contribution < 1.29 is 17.9 Å². The van der Waals surface area contributed by atoms with Gasteiger partial charge < -0.3 is 10.1 Å². The molecule has 0 heterocycles. The predicted molar refractivity (Wildman–Crippen MR) is 128 cm³/mol. The second-order valence-electron chi connectivity index (χ2n) is 7.45. The number of aryl methyl sites for hydroxylation is 1. The molecule has 1 N–H and O–H groups in total. The number of carbonyl (C=O) groups excluding carboxylic acids is 1. The average Bonchev–Trinajstić information content (AvgIpc) is 2.83. The Kier molecular flexibility index (Phi) is 7.53. The molecule has 0 aliphatic rings. The molecule has 0 aromatic heterocycles. The number of hydrogen-bond donors (Lipinski definition) is 1. The van der Waals surface area contributed by atoms with Crippen molar-refractivity contribution in [3.05, 3.63) is 83.9 Å². The van der Waals surface area contributed by atoms with Gasteiger partial charge in [0.15, 0.2) is 0 Å². The van der Waals surface area contributed by atoms with Crippen molar-refractivity contribution in [2.45, 2.75) is 31.1 Å². The number of methoxy groups -OCH3 is 1. The first-order valence-corrected chi connectivity index (χ1v) is 11.9. The number of hydrogen-bond acceptors (Lipinski definition) is 4. The molecular weight excluding hydrogens is 424 g/mol.